The average molecular weight is 186 g/mol. The Labute approximate surface area is 79.4 Å². The number of ether oxygens (including phenoxy) is 1. The first kappa shape index (κ1) is 12.2. The fourth-order valence-electron chi connectivity index (χ4n) is 0.715. The number of aliphatic hydroxyl groups is 1. The van der Waals surface area contributed by atoms with Crippen molar-refractivity contribution >= 4 is 5.97 Å². The van der Waals surface area contributed by atoms with E-state index < -0.39 is 6.10 Å². The lowest BCUT2D eigenvalue weighted by Crippen LogP contribution is -2.25. The smallest absolute Gasteiger partial charge is 0.330 e. The summed E-state index contributed by atoms with van der Waals surface area (Å²) in [5.74, 6) is -0.388. The zero-order valence-electron chi connectivity index (χ0n) is 8.70. The lowest BCUT2D eigenvalue weighted by atomic mass is 9.87. The van der Waals surface area contributed by atoms with E-state index in [2.05, 4.69) is 4.74 Å². The number of aliphatic hydroxyl groups excluding tert-OH is 1. The molecule has 1 N–H and O–H groups in total. The lowest BCUT2D eigenvalue weighted by Gasteiger charge is -2.24. The van der Waals surface area contributed by atoms with Crippen LogP contribution in [0, 0.1) is 5.41 Å². The van der Waals surface area contributed by atoms with Gasteiger partial charge in [0, 0.05) is 6.08 Å². The van der Waals surface area contributed by atoms with Crippen LogP contribution in [0.4, 0.5) is 0 Å². The van der Waals surface area contributed by atoms with Crippen LogP contribution in [0.5, 0.6) is 0 Å². The molecule has 13 heavy (non-hydrogen) atoms. The normalized spacial score (nSPS) is 14.5. The molecule has 3 nitrogen and oxygen atoms in total. The lowest BCUT2D eigenvalue weighted by molar-refractivity contribution is -0.134. The largest absolute Gasteiger partial charge is 0.466 e. The molecule has 0 aliphatic heterocycles. The zero-order chi connectivity index (χ0) is 10.5. The molecule has 0 saturated heterocycles. The second-order valence-electron chi connectivity index (χ2n) is 4.04. The van der Waals surface area contributed by atoms with Gasteiger partial charge >= 0.3 is 5.97 Å². The summed E-state index contributed by atoms with van der Waals surface area (Å²) in [6.07, 6.45) is 2.99. The van der Waals surface area contributed by atoms with Crippen LogP contribution in [0.25, 0.3) is 0 Å². The molecule has 0 aliphatic carbocycles. The summed E-state index contributed by atoms with van der Waals surface area (Å²) in [5.41, 5.74) is -0.152. The minimum absolute atomic E-state index is 0.152. The quantitative estimate of drug-likeness (QED) is 0.537. The summed E-state index contributed by atoms with van der Waals surface area (Å²) in [4.78, 5) is 10.7. The minimum atomic E-state index is -0.437. The third-order valence-corrected chi connectivity index (χ3v) is 1.81. The standard InChI is InChI=1S/C10H18O3/c1-10(2,3)8(11)6-5-7-9(12)13-4/h5,7-8,11H,6H2,1-4H3/b7-5+. The van der Waals surface area contributed by atoms with Gasteiger partial charge in [-0.05, 0) is 11.8 Å². The molecule has 0 aliphatic rings. The van der Waals surface area contributed by atoms with Crippen LogP contribution in [0.1, 0.15) is 27.2 Å². The summed E-state index contributed by atoms with van der Waals surface area (Å²) >= 11 is 0. The van der Waals surface area contributed by atoms with Crippen molar-refractivity contribution in [2.24, 2.45) is 5.41 Å². The molecule has 1 unspecified atom stereocenters. The van der Waals surface area contributed by atoms with Gasteiger partial charge in [0.05, 0.1) is 13.2 Å². The molecule has 0 aromatic carbocycles. The van der Waals surface area contributed by atoms with Gasteiger partial charge in [-0.15, -0.1) is 0 Å². The summed E-state index contributed by atoms with van der Waals surface area (Å²) < 4.78 is 4.41. The Morgan fingerprint density at radius 3 is 2.46 bits per heavy atom. The van der Waals surface area contributed by atoms with E-state index in [0.29, 0.717) is 6.42 Å². The fourth-order valence-corrected chi connectivity index (χ4v) is 0.715. The van der Waals surface area contributed by atoms with E-state index in [1.165, 1.54) is 13.2 Å². The molecule has 0 aromatic heterocycles. The molecule has 0 fully saturated rings. The van der Waals surface area contributed by atoms with Gasteiger partial charge in [0.25, 0.3) is 0 Å². The van der Waals surface area contributed by atoms with Gasteiger partial charge < -0.3 is 9.84 Å². The number of rotatable bonds is 3. The summed E-state index contributed by atoms with van der Waals surface area (Å²) in [5, 5.41) is 9.57. The predicted octanol–water partition coefficient (Wildman–Crippen LogP) is 1.51. The Kier molecular flexibility index (Phi) is 4.70. The van der Waals surface area contributed by atoms with Gasteiger partial charge in [-0.25, -0.2) is 4.79 Å². The second kappa shape index (κ2) is 5.02. The monoisotopic (exact) mass is 186 g/mol. The third-order valence-electron chi connectivity index (χ3n) is 1.81. The number of hydrogen-bond donors (Lipinski definition) is 1. The number of methoxy groups -OCH3 is 1. The van der Waals surface area contributed by atoms with Crippen molar-refractivity contribution in [3.05, 3.63) is 12.2 Å². The van der Waals surface area contributed by atoms with E-state index in [9.17, 15) is 9.90 Å². The Hall–Kier alpha value is -0.830. The third kappa shape index (κ3) is 5.42. The maximum Gasteiger partial charge on any atom is 0.330 e. The zero-order valence-corrected chi connectivity index (χ0v) is 8.70. The molecular formula is C10H18O3. The van der Waals surface area contributed by atoms with Crippen molar-refractivity contribution in [3.8, 4) is 0 Å². The first-order chi connectivity index (χ1) is 5.88. The summed E-state index contributed by atoms with van der Waals surface area (Å²) in [7, 11) is 1.33. The number of hydrogen-bond acceptors (Lipinski definition) is 3. The fraction of sp³-hybridized carbons (Fsp3) is 0.700. The van der Waals surface area contributed by atoms with Crippen molar-refractivity contribution < 1.29 is 14.6 Å². The number of carbonyl (C=O) groups excluding carboxylic acids is 1. The predicted molar refractivity (Wildman–Crippen MR) is 51.2 cm³/mol. The van der Waals surface area contributed by atoms with Crippen LogP contribution in [0.15, 0.2) is 12.2 Å². The second-order valence-corrected chi connectivity index (χ2v) is 4.04. The average Bonchev–Trinajstić information content (AvgIpc) is 2.02. The highest BCUT2D eigenvalue weighted by atomic mass is 16.5. The van der Waals surface area contributed by atoms with Crippen molar-refractivity contribution in [1.29, 1.82) is 0 Å². The van der Waals surface area contributed by atoms with Crippen molar-refractivity contribution in [3.63, 3.8) is 0 Å². The molecular weight excluding hydrogens is 168 g/mol. The van der Waals surface area contributed by atoms with Gasteiger partial charge in [0.1, 0.15) is 0 Å². The summed E-state index contributed by atoms with van der Waals surface area (Å²) in [6, 6.07) is 0. The van der Waals surface area contributed by atoms with E-state index in [1.54, 1.807) is 6.08 Å². The molecule has 0 rings (SSSR count). The van der Waals surface area contributed by atoms with Crippen molar-refractivity contribution in [2.45, 2.75) is 33.3 Å². The van der Waals surface area contributed by atoms with Crippen molar-refractivity contribution in [2.75, 3.05) is 7.11 Å². The first-order valence-corrected chi connectivity index (χ1v) is 4.30. The molecule has 3 heteroatoms. The minimum Gasteiger partial charge on any atom is -0.466 e. The number of esters is 1. The molecule has 76 valence electrons. The van der Waals surface area contributed by atoms with Gasteiger partial charge in [-0.1, -0.05) is 26.8 Å². The Morgan fingerprint density at radius 2 is 2.08 bits per heavy atom. The molecule has 0 saturated carbocycles. The van der Waals surface area contributed by atoms with Crippen molar-refractivity contribution in [1.82, 2.24) is 0 Å². The van der Waals surface area contributed by atoms with Crippen LogP contribution in [-0.4, -0.2) is 24.3 Å². The molecule has 0 heterocycles. The van der Waals surface area contributed by atoms with Crippen LogP contribution in [0.3, 0.4) is 0 Å². The molecule has 0 spiro atoms. The highest BCUT2D eigenvalue weighted by molar-refractivity contribution is 5.81. The van der Waals surface area contributed by atoms with Crippen LogP contribution >= 0.6 is 0 Å². The molecule has 1 atom stereocenters. The Morgan fingerprint density at radius 1 is 1.54 bits per heavy atom. The first-order valence-electron chi connectivity index (χ1n) is 4.30. The maximum absolute atomic E-state index is 10.7. The Balaban J connectivity index is 3.89. The van der Waals surface area contributed by atoms with Crippen LogP contribution in [0.2, 0.25) is 0 Å². The maximum atomic E-state index is 10.7. The topological polar surface area (TPSA) is 46.5 Å². The van der Waals surface area contributed by atoms with E-state index in [1.807, 2.05) is 20.8 Å². The number of carbonyl (C=O) groups is 1. The molecule has 0 aromatic rings. The van der Waals surface area contributed by atoms with Gasteiger partial charge in [0.2, 0.25) is 0 Å². The highest BCUT2D eigenvalue weighted by Gasteiger charge is 2.20. The Bertz CT molecular complexity index is 189. The van der Waals surface area contributed by atoms with E-state index in [0.717, 1.165) is 0 Å². The van der Waals surface area contributed by atoms with Gasteiger partial charge in [0.15, 0.2) is 0 Å². The molecule has 0 bridgehead atoms. The molecule has 0 radical (unpaired) electrons. The summed E-state index contributed by atoms with van der Waals surface area (Å²) in [6.45, 7) is 5.84. The van der Waals surface area contributed by atoms with Gasteiger partial charge in [-0.3, -0.25) is 0 Å². The van der Waals surface area contributed by atoms with Gasteiger partial charge in [-0.2, -0.15) is 0 Å². The van der Waals surface area contributed by atoms with Crippen LogP contribution < -0.4 is 0 Å². The van der Waals surface area contributed by atoms with E-state index >= 15 is 0 Å². The van der Waals surface area contributed by atoms with E-state index in [-0.39, 0.29) is 11.4 Å². The van der Waals surface area contributed by atoms with E-state index in [4.69, 9.17) is 0 Å². The highest BCUT2D eigenvalue weighted by Crippen LogP contribution is 2.21. The molecule has 0 amide bonds. The van der Waals surface area contributed by atoms with Crippen LogP contribution in [-0.2, 0) is 9.53 Å². The SMILES string of the molecule is COC(=O)/C=C/CC(O)C(C)(C)C.